The molecule has 0 aliphatic heterocycles. The molecule has 1 unspecified atom stereocenters. The van der Waals surface area contributed by atoms with Crippen LogP contribution in [0.15, 0.2) is 0 Å². The third-order valence-electron chi connectivity index (χ3n) is 1.91. The highest BCUT2D eigenvalue weighted by molar-refractivity contribution is 7.98. The fraction of sp³-hybridized carbons (Fsp3) is 0.900. The Labute approximate surface area is 91.2 Å². The van der Waals surface area contributed by atoms with Gasteiger partial charge in [-0.05, 0) is 38.2 Å². The van der Waals surface area contributed by atoms with Gasteiger partial charge in [-0.2, -0.15) is 11.8 Å². The van der Waals surface area contributed by atoms with E-state index in [1.54, 1.807) is 0 Å². The van der Waals surface area contributed by atoms with Gasteiger partial charge in [0.05, 0.1) is 0 Å². The topological polar surface area (TPSA) is 55.1 Å². The fourth-order valence-electron chi connectivity index (χ4n) is 1.12. The number of hydrogen-bond acceptors (Lipinski definition) is 3. The Morgan fingerprint density at radius 3 is 2.79 bits per heavy atom. The van der Waals surface area contributed by atoms with Crippen molar-refractivity contribution in [2.75, 3.05) is 18.6 Å². The van der Waals surface area contributed by atoms with E-state index in [0.717, 1.165) is 31.6 Å². The van der Waals surface area contributed by atoms with Crippen molar-refractivity contribution in [3.8, 4) is 0 Å². The molecule has 1 amide bonds. The van der Waals surface area contributed by atoms with E-state index in [-0.39, 0.29) is 11.9 Å². The summed E-state index contributed by atoms with van der Waals surface area (Å²) < 4.78 is 0. The summed E-state index contributed by atoms with van der Waals surface area (Å²) in [6.45, 7) is 2.77. The van der Waals surface area contributed by atoms with Crippen molar-refractivity contribution in [1.29, 1.82) is 0 Å². The Hall–Kier alpha value is -0.220. The van der Waals surface area contributed by atoms with Crippen molar-refractivity contribution in [1.82, 2.24) is 5.32 Å². The standard InChI is InChI=1S/C10H22N2OS/c1-9(11)5-3-6-10(13)12-7-4-8-14-2/h9H,3-8,11H2,1-2H3,(H,12,13). The van der Waals surface area contributed by atoms with Crippen LogP contribution < -0.4 is 11.1 Å². The number of nitrogens with two attached hydrogens (primary N) is 1. The van der Waals surface area contributed by atoms with Gasteiger partial charge in [-0.1, -0.05) is 0 Å². The lowest BCUT2D eigenvalue weighted by Gasteiger charge is -2.05. The summed E-state index contributed by atoms with van der Waals surface area (Å²) in [6, 6.07) is 0.208. The van der Waals surface area contributed by atoms with E-state index >= 15 is 0 Å². The third kappa shape index (κ3) is 9.86. The minimum Gasteiger partial charge on any atom is -0.356 e. The first-order valence-corrected chi connectivity index (χ1v) is 6.57. The third-order valence-corrected chi connectivity index (χ3v) is 2.61. The first-order valence-electron chi connectivity index (χ1n) is 5.18. The predicted molar refractivity (Wildman–Crippen MR) is 63.5 cm³/mol. The highest BCUT2D eigenvalue weighted by atomic mass is 32.2. The molecule has 1 atom stereocenters. The van der Waals surface area contributed by atoms with Gasteiger partial charge in [0.25, 0.3) is 0 Å². The molecule has 0 heterocycles. The summed E-state index contributed by atoms with van der Waals surface area (Å²) >= 11 is 1.81. The van der Waals surface area contributed by atoms with Crippen LogP contribution in [0.3, 0.4) is 0 Å². The summed E-state index contributed by atoms with van der Waals surface area (Å²) in [4.78, 5) is 11.2. The van der Waals surface area contributed by atoms with Crippen LogP contribution in [0.5, 0.6) is 0 Å². The Kier molecular flexibility index (Phi) is 9.19. The molecule has 0 aliphatic carbocycles. The highest BCUT2D eigenvalue weighted by Gasteiger charge is 2.01. The van der Waals surface area contributed by atoms with E-state index < -0.39 is 0 Å². The molecule has 0 aromatic carbocycles. The largest absolute Gasteiger partial charge is 0.356 e. The summed E-state index contributed by atoms with van der Waals surface area (Å²) in [7, 11) is 0. The van der Waals surface area contributed by atoms with Crippen molar-refractivity contribution in [2.45, 2.75) is 38.6 Å². The lowest BCUT2D eigenvalue weighted by atomic mass is 10.1. The first kappa shape index (κ1) is 13.8. The molecule has 0 spiro atoms. The quantitative estimate of drug-likeness (QED) is 0.605. The van der Waals surface area contributed by atoms with Crippen LogP contribution in [0.2, 0.25) is 0 Å². The Bertz CT molecular complexity index is 151. The molecule has 0 radical (unpaired) electrons. The van der Waals surface area contributed by atoms with Crippen molar-refractivity contribution in [2.24, 2.45) is 5.73 Å². The maximum Gasteiger partial charge on any atom is 0.219 e. The lowest BCUT2D eigenvalue weighted by molar-refractivity contribution is -0.121. The predicted octanol–water partition coefficient (Wildman–Crippen LogP) is 1.37. The van der Waals surface area contributed by atoms with Crippen LogP contribution in [0, 0.1) is 0 Å². The maximum absolute atomic E-state index is 11.2. The van der Waals surface area contributed by atoms with Gasteiger partial charge in [-0.25, -0.2) is 0 Å². The molecule has 4 heteroatoms. The monoisotopic (exact) mass is 218 g/mol. The smallest absolute Gasteiger partial charge is 0.219 e. The van der Waals surface area contributed by atoms with E-state index in [1.165, 1.54) is 0 Å². The van der Waals surface area contributed by atoms with Gasteiger partial charge < -0.3 is 11.1 Å². The van der Waals surface area contributed by atoms with Crippen LogP contribution in [-0.4, -0.2) is 30.5 Å². The normalized spacial score (nSPS) is 12.5. The molecule has 14 heavy (non-hydrogen) atoms. The summed E-state index contributed by atoms with van der Waals surface area (Å²) in [5.41, 5.74) is 5.58. The molecule has 0 fully saturated rings. The van der Waals surface area contributed by atoms with Gasteiger partial charge in [-0.15, -0.1) is 0 Å². The number of rotatable bonds is 8. The van der Waals surface area contributed by atoms with Crippen LogP contribution in [-0.2, 0) is 4.79 Å². The second-order valence-corrected chi connectivity index (χ2v) is 4.55. The Balaban J connectivity index is 3.20. The van der Waals surface area contributed by atoms with E-state index in [0.29, 0.717) is 6.42 Å². The SMILES string of the molecule is CSCCCNC(=O)CCCC(C)N. The molecular formula is C10H22N2OS. The lowest BCUT2D eigenvalue weighted by Crippen LogP contribution is -2.25. The number of carbonyl (C=O) groups excluding carboxylic acids is 1. The molecule has 0 aliphatic rings. The Morgan fingerprint density at radius 2 is 2.21 bits per heavy atom. The number of nitrogens with one attached hydrogen (secondary N) is 1. The molecule has 3 nitrogen and oxygen atoms in total. The molecule has 0 saturated heterocycles. The summed E-state index contributed by atoms with van der Waals surface area (Å²) in [5.74, 6) is 1.27. The molecule has 0 saturated carbocycles. The van der Waals surface area contributed by atoms with Gasteiger partial charge in [-0.3, -0.25) is 4.79 Å². The van der Waals surface area contributed by atoms with E-state index in [4.69, 9.17) is 5.73 Å². The zero-order chi connectivity index (χ0) is 10.8. The van der Waals surface area contributed by atoms with Crippen molar-refractivity contribution in [3.63, 3.8) is 0 Å². The number of thioether (sulfide) groups is 1. The van der Waals surface area contributed by atoms with E-state index in [2.05, 4.69) is 11.6 Å². The van der Waals surface area contributed by atoms with Crippen molar-refractivity contribution < 1.29 is 4.79 Å². The Morgan fingerprint density at radius 1 is 1.50 bits per heavy atom. The number of hydrogen-bond donors (Lipinski definition) is 2. The molecular weight excluding hydrogens is 196 g/mol. The molecule has 0 rings (SSSR count). The maximum atomic E-state index is 11.2. The van der Waals surface area contributed by atoms with E-state index in [9.17, 15) is 4.79 Å². The number of carbonyl (C=O) groups is 1. The van der Waals surface area contributed by atoms with E-state index in [1.807, 2.05) is 18.7 Å². The van der Waals surface area contributed by atoms with Crippen LogP contribution >= 0.6 is 11.8 Å². The van der Waals surface area contributed by atoms with Crippen LogP contribution in [0.25, 0.3) is 0 Å². The first-order chi connectivity index (χ1) is 6.66. The van der Waals surface area contributed by atoms with Gasteiger partial charge in [0, 0.05) is 19.0 Å². The summed E-state index contributed by atoms with van der Waals surface area (Å²) in [6.07, 6.45) is 5.57. The van der Waals surface area contributed by atoms with Crippen molar-refractivity contribution >= 4 is 17.7 Å². The average Bonchev–Trinajstić information content (AvgIpc) is 2.12. The molecule has 0 aromatic heterocycles. The van der Waals surface area contributed by atoms with Crippen LogP contribution in [0.4, 0.5) is 0 Å². The van der Waals surface area contributed by atoms with Crippen molar-refractivity contribution in [3.05, 3.63) is 0 Å². The second kappa shape index (κ2) is 9.34. The average molecular weight is 218 g/mol. The fourth-order valence-corrected chi connectivity index (χ4v) is 1.55. The zero-order valence-corrected chi connectivity index (χ0v) is 10.0. The molecule has 3 N–H and O–H groups in total. The summed E-state index contributed by atoms with van der Waals surface area (Å²) in [5, 5.41) is 2.90. The highest BCUT2D eigenvalue weighted by Crippen LogP contribution is 1.98. The van der Waals surface area contributed by atoms with Gasteiger partial charge in [0.1, 0.15) is 0 Å². The van der Waals surface area contributed by atoms with Gasteiger partial charge >= 0.3 is 0 Å². The second-order valence-electron chi connectivity index (χ2n) is 3.57. The van der Waals surface area contributed by atoms with Crippen LogP contribution in [0.1, 0.15) is 32.6 Å². The molecule has 84 valence electrons. The zero-order valence-electron chi connectivity index (χ0n) is 9.21. The van der Waals surface area contributed by atoms with Gasteiger partial charge in [0.15, 0.2) is 0 Å². The van der Waals surface area contributed by atoms with Gasteiger partial charge in [0.2, 0.25) is 5.91 Å². The molecule has 0 bridgehead atoms. The number of amides is 1. The minimum absolute atomic E-state index is 0.159. The molecule has 0 aromatic rings. The minimum atomic E-state index is 0.159.